The first-order valence-electron chi connectivity index (χ1n) is 5.30. The zero-order valence-corrected chi connectivity index (χ0v) is 10.7. The summed E-state index contributed by atoms with van der Waals surface area (Å²) in [4.78, 5) is 23.1. The van der Waals surface area contributed by atoms with Gasteiger partial charge in [-0.15, -0.1) is 0 Å². The molecule has 2 N–H and O–H groups in total. The van der Waals surface area contributed by atoms with Gasteiger partial charge in [0.15, 0.2) is 5.60 Å². The van der Waals surface area contributed by atoms with Gasteiger partial charge in [-0.1, -0.05) is 11.6 Å². The molecule has 0 radical (unpaired) electrons. The number of Topliss-reactive ketones (excluding diaryl/α,β-unsaturated/α-hetero) is 1. The zero-order valence-electron chi connectivity index (χ0n) is 9.91. The van der Waals surface area contributed by atoms with E-state index < -0.39 is 11.5 Å². The number of ketones is 1. The number of nitrogens with one attached hydrogen (secondary N) is 1. The molecule has 1 heterocycles. The van der Waals surface area contributed by atoms with Gasteiger partial charge in [0.1, 0.15) is 11.5 Å². The van der Waals surface area contributed by atoms with Gasteiger partial charge >= 0.3 is 0 Å². The van der Waals surface area contributed by atoms with Gasteiger partial charge in [-0.3, -0.25) is 9.59 Å². The van der Waals surface area contributed by atoms with Crippen molar-refractivity contribution < 1.29 is 19.4 Å². The second-order valence-electron chi connectivity index (χ2n) is 4.19. The molecule has 1 unspecified atom stereocenters. The number of hydrogen-bond acceptors (Lipinski definition) is 4. The second-order valence-corrected chi connectivity index (χ2v) is 4.60. The number of benzene rings is 1. The Morgan fingerprint density at radius 2 is 2.22 bits per heavy atom. The highest BCUT2D eigenvalue weighted by Crippen LogP contribution is 2.47. The number of hydrogen-bond donors (Lipinski definition) is 2. The van der Waals surface area contributed by atoms with Gasteiger partial charge in [-0.05, 0) is 19.1 Å². The van der Waals surface area contributed by atoms with Gasteiger partial charge in [0, 0.05) is 17.0 Å². The number of carbonyl (C=O) groups excluding carboxylic acids is 2. The molecule has 1 amide bonds. The van der Waals surface area contributed by atoms with Crippen molar-refractivity contribution in [3.8, 4) is 5.75 Å². The number of rotatable bonds is 3. The Morgan fingerprint density at radius 3 is 2.78 bits per heavy atom. The molecule has 0 aliphatic carbocycles. The first-order chi connectivity index (χ1) is 8.40. The van der Waals surface area contributed by atoms with Gasteiger partial charge < -0.3 is 15.2 Å². The van der Waals surface area contributed by atoms with Crippen LogP contribution in [0.25, 0.3) is 0 Å². The highest BCUT2D eigenvalue weighted by molar-refractivity contribution is 6.33. The number of amides is 1. The van der Waals surface area contributed by atoms with E-state index in [1.807, 2.05) is 0 Å². The molecule has 0 saturated heterocycles. The summed E-state index contributed by atoms with van der Waals surface area (Å²) in [6.45, 7) is 1.30. The van der Waals surface area contributed by atoms with Crippen molar-refractivity contribution in [3.63, 3.8) is 0 Å². The smallest absolute Gasteiger partial charge is 0.261 e. The van der Waals surface area contributed by atoms with Crippen molar-refractivity contribution >= 4 is 29.0 Å². The van der Waals surface area contributed by atoms with E-state index in [4.69, 9.17) is 16.3 Å². The molecular formula is C12H12ClNO4. The molecular weight excluding hydrogens is 258 g/mol. The van der Waals surface area contributed by atoms with E-state index in [1.54, 1.807) is 6.07 Å². The van der Waals surface area contributed by atoms with E-state index >= 15 is 0 Å². The Kier molecular flexibility index (Phi) is 3.04. The van der Waals surface area contributed by atoms with E-state index in [9.17, 15) is 14.7 Å². The molecule has 0 saturated carbocycles. The Hall–Kier alpha value is -1.59. The third kappa shape index (κ3) is 1.76. The fourth-order valence-corrected chi connectivity index (χ4v) is 2.43. The van der Waals surface area contributed by atoms with E-state index in [0.717, 1.165) is 0 Å². The monoisotopic (exact) mass is 269 g/mol. The molecule has 5 nitrogen and oxygen atoms in total. The SMILES string of the molecule is COc1ccc(Cl)c2c1NC(=O)C2(O)CC(C)=O. The number of fused-ring (bicyclic) bond motifs is 1. The number of anilines is 1. The average Bonchev–Trinajstić information content (AvgIpc) is 2.52. The standard InChI is InChI=1S/C12H12ClNO4/c1-6(15)5-12(17)9-7(13)3-4-8(18-2)10(9)14-11(12)16/h3-4,17H,5H2,1-2H3,(H,14,16). The minimum Gasteiger partial charge on any atom is -0.495 e. The lowest BCUT2D eigenvalue weighted by Crippen LogP contribution is -2.36. The Labute approximate surface area is 109 Å². The molecule has 18 heavy (non-hydrogen) atoms. The topological polar surface area (TPSA) is 75.6 Å². The first kappa shape index (κ1) is 12.9. The van der Waals surface area contributed by atoms with Crippen LogP contribution < -0.4 is 10.1 Å². The lowest BCUT2D eigenvalue weighted by atomic mass is 9.90. The zero-order chi connectivity index (χ0) is 13.5. The predicted molar refractivity (Wildman–Crippen MR) is 65.8 cm³/mol. The maximum absolute atomic E-state index is 11.9. The maximum Gasteiger partial charge on any atom is 0.261 e. The third-order valence-electron chi connectivity index (χ3n) is 2.87. The van der Waals surface area contributed by atoms with Crippen molar-refractivity contribution in [1.82, 2.24) is 0 Å². The Bertz CT molecular complexity index is 543. The van der Waals surface area contributed by atoms with Crippen LogP contribution in [0.3, 0.4) is 0 Å². The highest BCUT2D eigenvalue weighted by atomic mass is 35.5. The van der Waals surface area contributed by atoms with E-state index in [2.05, 4.69) is 5.32 Å². The Morgan fingerprint density at radius 1 is 1.56 bits per heavy atom. The van der Waals surface area contributed by atoms with Crippen LogP contribution in [0.5, 0.6) is 5.75 Å². The number of ether oxygens (including phenoxy) is 1. The molecule has 1 aliphatic heterocycles. The van der Waals surface area contributed by atoms with Crippen LogP contribution in [0.1, 0.15) is 18.9 Å². The minimum absolute atomic E-state index is 0.198. The van der Waals surface area contributed by atoms with E-state index in [1.165, 1.54) is 20.1 Å². The van der Waals surface area contributed by atoms with Crippen LogP contribution in [-0.2, 0) is 15.2 Å². The summed E-state index contributed by atoms with van der Waals surface area (Å²) < 4.78 is 5.09. The number of methoxy groups -OCH3 is 1. The largest absolute Gasteiger partial charge is 0.495 e. The summed E-state index contributed by atoms with van der Waals surface area (Å²) >= 11 is 6.01. The quantitative estimate of drug-likeness (QED) is 0.871. The fraction of sp³-hybridized carbons (Fsp3) is 0.333. The predicted octanol–water partition coefficient (Wildman–Crippen LogP) is 1.47. The summed E-state index contributed by atoms with van der Waals surface area (Å²) in [7, 11) is 1.44. The molecule has 0 spiro atoms. The third-order valence-corrected chi connectivity index (χ3v) is 3.18. The molecule has 96 valence electrons. The van der Waals surface area contributed by atoms with Gasteiger partial charge in [0.05, 0.1) is 12.8 Å². The van der Waals surface area contributed by atoms with E-state index in [-0.39, 0.29) is 22.8 Å². The van der Waals surface area contributed by atoms with Crippen LogP contribution in [0.2, 0.25) is 5.02 Å². The molecule has 0 bridgehead atoms. The maximum atomic E-state index is 11.9. The van der Waals surface area contributed by atoms with Crippen molar-refractivity contribution in [3.05, 3.63) is 22.7 Å². The minimum atomic E-state index is -1.92. The van der Waals surface area contributed by atoms with Crippen molar-refractivity contribution in [2.45, 2.75) is 18.9 Å². The molecule has 1 aromatic carbocycles. The summed E-state index contributed by atoms with van der Waals surface area (Å²) in [5.74, 6) is -0.583. The number of carbonyl (C=O) groups is 2. The number of aliphatic hydroxyl groups is 1. The molecule has 1 aliphatic rings. The number of halogens is 1. The molecule has 1 aromatic rings. The molecule has 2 rings (SSSR count). The van der Waals surface area contributed by atoms with Gasteiger partial charge in [0.25, 0.3) is 5.91 Å². The lowest BCUT2D eigenvalue weighted by Gasteiger charge is -2.20. The Balaban J connectivity index is 2.64. The second kappa shape index (κ2) is 4.26. The summed E-state index contributed by atoms with van der Waals surface area (Å²) in [5, 5.41) is 13.1. The normalized spacial score (nSPS) is 21.4. The van der Waals surface area contributed by atoms with Crippen molar-refractivity contribution in [1.29, 1.82) is 0 Å². The van der Waals surface area contributed by atoms with Crippen LogP contribution in [0.15, 0.2) is 12.1 Å². The summed E-state index contributed by atoms with van der Waals surface area (Å²) in [5.41, 5.74) is -1.41. The van der Waals surface area contributed by atoms with Gasteiger partial charge in [-0.2, -0.15) is 0 Å². The molecule has 1 atom stereocenters. The lowest BCUT2D eigenvalue weighted by molar-refractivity contribution is -0.139. The van der Waals surface area contributed by atoms with E-state index in [0.29, 0.717) is 11.4 Å². The summed E-state index contributed by atoms with van der Waals surface area (Å²) in [6, 6.07) is 3.10. The molecule has 0 aromatic heterocycles. The van der Waals surface area contributed by atoms with Crippen molar-refractivity contribution in [2.24, 2.45) is 0 Å². The summed E-state index contributed by atoms with van der Waals surface area (Å²) in [6.07, 6.45) is -0.321. The van der Waals surface area contributed by atoms with Crippen LogP contribution in [0.4, 0.5) is 5.69 Å². The first-order valence-corrected chi connectivity index (χ1v) is 5.68. The van der Waals surface area contributed by atoms with Gasteiger partial charge in [-0.25, -0.2) is 0 Å². The average molecular weight is 270 g/mol. The highest BCUT2D eigenvalue weighted by Gasteiger charge is 2.48. The molecule has 0 fully saturated rings. The fourth-order valence-electron chi connectivity index (χ4n) is 2.12. The van der Waals surface area contributed by atoms with Crippen LogP contribution in [-0.4, -0.2) is 23.9 Å². The van der Waals surface area contributed by atoms with Crippen molar-refractivity contribution in [2.75, 3.05) is 12.4 Å². The van der Waals surface area contributed by atoms with Crippen LogP contribution >= 0.6 is 11.6 Å². The van der Waals surface area contributed by atoms with Crippen LogP contribution in [0, 0.1) is 0 Å². The van der Waals surface area contributed by atoms with Gasteiger partial charge in [0.2, 0.25) is 0 Å². The molecule has 6 heteroatoms.